The Morgan fingerprint density at radius 3 is 2.03 bits per heavy atom. The number of carboxylic acid groups (broad SMARTS) is 1. The Bertz CT molecular complexity index is 1110. The van der Waals surface area contributed by atoms with Gasteiger partial charge in [-0.25, -0.2) is 9.79 Å². The maximum Gasteiger partial charge on any atom is 0.336 e. The third-order valence-corrected chi connectivity index (χ3v) is 4.07. The molecule has 0 bridgehead atoms. The highest BCUT2D eigenvalue weighted by atomic mass is 16.4. The first-order valence-electron chi connectivity index (χ1n) is 9.06. The van der Waals surface area contributed by atoms with Gasteiger partial charge in [0.1, 0.15) is 0 Å². The average molecular weight is 383 g/mol. The maximum absolute atomic E-state index is 10.8. The monoisotopic (exact) mass is 383 g/mol. The third-order valence-electron chi connectivity index (χ3n) is 4.07. The van der Waals surface area contributed by atoms with E-state index in [0.29, 0.717) is 11.5 Å². The van der Waals surface area contributed by atoms with Crippen molar-refractivity contribution in [3.05, 3.63) is 109 Å². The van der Waals surface area contributed by atoms with Gasteiger partial charge in [0, 0.05) is 5.69 Å². The predicted molar refractivity (Wildman–Crippen MR) is 119 cm³/mol. The van der Waals surface area contributed by atoms with E-state index in [1.54, 1.807) is 12.1 Å². The van der Waals surface area contributed by atoms with Gasteiger partial charge >= 0.3 is 5.97 Å². The van der Waals surface area contributed by atoms with Gasteiger partial charge in [-0.3, -0.25) is 0 Å². The van der Waals surface area contributed by atoms with E-state index >= 15 is 0 Å². The van der Waals surface area contributed by atoms with Crippen molar-refractivity contribution in [1.29, 1.82) is 0 Å². The van der Waals surface area contributed by atoms with E-state index in [4.69, 9.17) is 10.8 Å². The van der Waals surface area contributed by atoms with E-state index < -0.39 is 5.97 Å². The number of para-hydroxylation sites is 2. The number of rotatable bonds is 3. The molecule has 4 rings (SSSR count). The van der Waals surface area contributed by atoms with Crippen LogP contribution < -0.4 is 11.1 Å². The topological polar surface area (TPSA) is 87.7 Å². The molecule has 0 saturated carbocycles. The lowest BCUT2D eigenvalue weighted by Crippen LogP contribution is -2.21. The second-order valence-electron chi connectivity index (χ2n) is 6.16. The summed E-state index contributed by atoms with van der Waals surface area (Å²) in [6.07, 6.45) is 0. The van der Waals surface area contributed by atoms with Crippen molar-refractivity contribution in [2.75, 3.05) is 5.32 Å². The number of hydrogen-bond donors (Lipinski definition) is 3. The first-order chi connectivity index (χ1) is 14.1. The highest BCUT2D eigenvalue weighted by Gasteiger charge is 2.05. The smallest absolute Gasteiger partial charge is 0.336 e. The van der Waals surface area contributed by atoms with Crippen LogP contribution in [0, 0.1) is 0 Å². The fourth-order valence-corrected chi connectivity index (χ4v) is 2.75. The second-order valence-corrected chi connectivity index (χ2v) is 6.16. The lowest BCUT2D eigenvalue weighted by atomic mass is 10.1. The number of carboxylic acids is 1. The van der Waals surface area contributed by atoms with E-state index in [9.17, 15) is 4.79 Å². The summed E-state index contributed by atoms with van der Waals surface area (Å²) in [5.41, 5.74) is 7.90. The molecular weight excluding hydrogens is 362 g/mol. The molecule has 0 aliphatic carbocycles. The summed E-state index contributed by atoms with van der Waals surface area (Å²) in [6.45, 7) is 0. The van der Waals surface area contributed by atoms with Crippen molar-refractivity contribution in [1.82, 2.24) is 0 Å². The van der Waals surface area contributed by atoms with E-state index in [-0.39, 0.29) is 0 Å². The summed E-state index contributed by atoms with van der Waals surface area (Å²) < 4.78 is 0. The van der Waals surface area contributed by atoms with Crippen LogP contribution in [0.4, 0.5) is 11.4 Å². The van der Waals surface area contributed by atoms with Crippen molar-refractivity contribution in [2.24, 2.45) is 10.7 Å². The van der Waals surface area contributed by atoms with E-state index in [0.717, 1.165) is 22.1 Å². The summed E-state index contributed by atoms with van der Waals surface area (Å²) in [7, 11) is 0. The normalized spacial score (nSPS) is 10.7. The van der Waals surface area contributed by atoms with Crippen LogP contribution in [0.5, 0.6) is 0 Å². The minimum atomic E-state index is -0.878. The van der Waals surface area contributed by atoms with Gasteiger partial charge in [0.15, 0.2) is 5.96 Å². The molecular formula is C24H21N3O2. The minimum absolute atomic E-state index is 0.359. The molecule has 5 nitrogen and oxygen atoms in total. The van der Waals surface area contributed by atoms with Crippen LogP contribution in [-0.2, 0) is 0 Å². The highest BCUT2D eigenvalue weighted by molar-refractivity contribution is 6.03. The lowest BCUT2D eigenvalue weighted by Gasteiger charge is -2.04. The molecule has 0 aliphatic rings. The van der Waals surface area contributed by atoms with Crippen LogP contribution in [0.3, 0.4) is 0 Å². The van der Waals surface area contributed by atoms with E-state index in [2.05, 4.69) is 10.3 Å². The van der Waals surface area contributed by atoms with Gasteiger partial charge in [-0.1, -0.05) is 72.8 Å². The maximum atomic E-state index is 10.8. The van der Waals surface area contributed by atoms with Crippen molar-refractivity contribution in [3.63, 3.8) is 0 Å². The summed E-state index contributed by atoms with van der Waals surface area (Å²) >= 11 is 0. The molecule has 0 heterocycles. The van der Waals surface area contributed by atoms with Crippen LogP contribution >= 0.6 is 0 Å². The highest BCUT2D eigenvalue weighted by Crippen LogP contribution is 2.18. The third kappa shape index (κ3) is 5.68. The Morgan fingerprint density at radius 1 is 0.759 bits per heavy atom. The SMILES string of the molecule is NC(=Nc1ccccc1)Nc1ccccc1.O=C(O)c1cccc2ccccc12. The molecule has 0 radical (unpaired) electrons. The van der Waals surface area contributed by atoms with Gasteiger partial charge in [-0.05, 0) is 41.1 Å². The standard InChI is InChI=1S/C13H13N3.C11H8O2/c14-13(15-11-7-3-1-4-8-11)16-12-9-5-2-6-10-12;12-11(13)10-7-3-5-8-4-1-2-6-9(8)10/h1-10H,(H3,14,15,16);1-7H,(H,12,13). The van der Waals surface area contributed by atoms with Gasteiger partial charge in [0.2, 0.25) is 0 Å². The predicted octanol–water partition coefficient (Wildman–Crippen LogP) is 5.28. The zero-order valence-corrected chi connectivity index (χ0v) is 15.7. The number of hydrogen-bond acceptors (Lipinski definition) is 2. The average Bonchev–Trinajstić information content (AvgIpc) is 2.75. The summed E-state index contributed by atoms with van der Waals surface area (Å²) in [4.78, 5) is 15.1. The molecule has 4 aromatic rings. The van der Waals surface area contributed by atoms with Crippen molar-refractivity contribution >= 4 is 34.1 Å². The van der Waals surface area contributed by atoms with Crippen LogP contribution in [0.2, 0.25) is 0 Å². The van der Waals surface area contributed by atoms with Gasteiger partial charge in [0.05, 0.1) is 11.3 Å². The van der Waals surface area contributed by atoms with Crippen molar-refractivity contribution in [3.8, 4) is 0 Å². The van der Waals surface area contributed by atoms with Gasteiger partial charge in [-0.2, -0.15) is 0 Å². The number of guanidine groups is 1. The molecule has 5 heteroatoms. The summed E-state index contributed by atoms with van der Waals surface area (Å²) in [6, 6.07) is 32.1. The van der Waals surface area contributed by atoms with Gasteiger partial charge < -0.3 is 16.2 Å². The number of nitrogens with two attached hydrogens (primary N) is 1. The fourth-order valence-electron chi connectivity index (χ4n) is 2.75. The Kier molecular flexibility index (Phi) is 6.58. The lowest BCUT2D eigenvalue weighted by molar-refractivity contribution is 0.0699. The molecule has 4 aromatic carbocycles. The summed E-state index contributed by atoms with van der Waals surface area (Å²) in [5, 5.41) is 13.7. The largest absolute Gasteiger partial charge is 0.478 e. The Balaban J connectivity index is 0.000000169. The molecule has 29 heavy (non-hydrogen) atoms. The number of anilines is 1. The zero-order valence-electron chi connectivity index (χ0n) is 15.7. The molecule has 0 unspecified atom stereocenters. The number of nitrogens with one attached hydrogen (secondary N) is 1. The van der Waals surface area contributed by atoms with Gasteiger partial charge in [-0.15, -0.1) is 0 Å². The molecule has 0 saturated heterocycles. The van der Waals surface area contributed by atoms with Gasteiger partial charge in [0.25, 0.3) is 0 Å². The first kappa shape index (κ1) is 19.6. The number of aliphatic imine (C=N–C) groups is 1. The number of aromatic carboxylic acids is 1. The second kappa shape index (κ2) is 9.71. The summed E-state index contributed by atoms with van der Waals surface area (Å²) in [5.74, 6) is -0.491. The molecule has 0 amide bonds. The molecule has 0 aromatic heterocycles. The quantitative estimate of drug-likeness (QED) is 0.332. The van der Waals surface area contributed by atoms with E-state index in [1.807, 2.05) is 91.0 Å². The Hall–Kier alpha value is -4.12. The Labute approximate surface area is 169 Å². The first-order valence-corrected chi connectivity index (χ1v) is 9.06. The fraction of sp³-hybridized carbons (Fsp3) is 0. The Morgan fingerprint density at radius 2 is 1.34 bits per heavy atom. The molecule has 0 fully saturated rings. The molecule has 4 N–H and O–H groups in total. The van der Waals surface area contributed by atoms with Crippen LogP contribution in [-0.4, -0.2) is 17.0 Å². The molecule has 144 valence electrons. The number of benzene rings is 4. The van der Waals surface area contributed by atoms with Crippen molar-refractivity contribution in [2.45, 2.75) is 0 Å². The number of carbonyl (C=O) groups is 1. The molecule has 0 spiro atoms. The number of nitrogens with zero attached hydrogens (tertiary/aromatic N) is 1. The van der Waals surface area contributed by atoms with Crippen LogP contribution in [0.1, 0.15) is 10.4 Å². The van der Waals surface area contributed by atoms with E-state index in [1.165, 1.54) is 0 Å². The van der Waals surface area contributed by atoms with Crippen molar-refractivity contribution < 1.29 is 9.90 Å². The molecule has 0 aliphatic heterocycles. The molecule has 0 atom stereocenters. The minimum Gasteiger partial charge on any atom is -0.478 e. The van der Waals surface area contributed by atoms with Crippen LogP contribution in [0.25, 0.3) is 10.8 Å². The number of fused-ring (bicyclic) bond motifs is 1. The zero-order chi connectivity index (χ0) is 20.5. The van der Waals surface area contributed by atoms with Crippen LogP contribution in [0.15, 0.2) is 108 Å².